The fourth-order valence-corrected chi connectivity index (χ4v) is 0.805. The zero-order chi connectivity index (χ0) is 8.27. The first-order chi connectivity index (χ1) is 5.22. The maximum atomic E-state index is 8.91. The third-order valence-electron chi connectivity index (χ3n) is 1.22. The number of aryl methyl sites for hydroxylation is 1. The summed E-state index contributed by atoms with van der Waals surface area (Å²) in [4.78, 5) is 7.42. The first-order valence-electron chi connectivity index (χ1n) is 3.48. The Balaban J connectivity index is 2.89. The van der Waals surface area contributed by atoms with Gasteiger partial charge in [0.05, 0.1) is 6.07 Å². The summed E-state index contributed by atoms with van der Waals surface area (Å²) in [5.41, 5.74) is 0. The molecular weight excluding hydrogens is 144 g/mol. The highest BCUT2D eigenvalue weighted by molar-refractivity contribution is 5.18. The minimum atomic E-state index is -0.180. The summed E-state index contributed by atoms with van der Waals surface area (Å²) in [7, 11) is 0. The third-order valence-corrected chi connectivity index (χ3v) is 1.22. The van der Waals surface area contributed by atoms with Crippen LogP contribution in [0.1, 0.15) is 19.2 Å². The number of aromatic nitrogens is 2. The first kappa shape index (κ1) is 7.78. The Morgan fingerprint density at radius 2 is 1.82 bits per heavy atom. The van der Waals surface area contributed by atoms with Gasteiger partial charge in [-0.15, -0.1) is 0 Å². The van der Waals surface area contributed by atoms with E-state index >= 15 is 0 Å². The van der Waals surface area contributed by atoms with Crippen LogP contribution in [0, 0.1) is 0 Å². The number of hydrogen-bond donors (Lipinski definition) is 2. The van der Waals surface area contributed by atoms with E-state index in [9.17, 15) is 0 Å². The van der Waals surface area contributed by atoms with Crippen molar-refractivity contribution in [2.45, 2.75) is 19.8 Å². The molecule has 0 aromatic carbocycles. The van der Waals surface area contributed by atoms with Crippen molar-refractivity contribution >= 4 is 0 Å². The van der Waals surface area contributed by atoms with Gasteiger partial charge in [-0.05, 0) is 6.42 Å². The molecule has 0 saturated carbocycles. The van der Waals surface area contributed by atoms with Crippen LogP contribution in [0.2, 0.25) is 0 Å². The fraction of sp³-hybridized carbons (Fsp3) is 0.429. The van der Waals surface area contributed by atoms with Crippen LogP contribution in [0.4, 0.5) is 0 Å². The predicted octanol–water partition coefficient (Wildman–Crippen LogP) is 0.840. The topological polar surface area (TPSA) is 66.2 Å². The molecule has 1 heterocycles. The van der Waals surface area contributed by atoms with Crippen molar-refractivity contribution in [2.75, 3.05) is 0 Å². The van der Waals surface area contributed by atoms with E-state index < -0.39 is 0 Å². The van der Waals surface area contributed by atoms with Gasteiger partial charge in [0, 0.05) is 6.42 Å². The number of aromatic hydroxyl groups is 2. The van der Waals surface area contributed by atoms with Crippen LogP contribution < -0.4 is 0 Å². The molecule has 0 aliphatic heterocycles. The van der Waals surface area contributed by atoms with Gasteiger partial charge in [-0.3, -0.25) is 0 Å². The van der Waals surface area contributed by atoms with E-state index in [0.29, 0.717) is 12.2 Å². The molecule has 0 saturated heterocycles. The summed E-state index contributed by atoms with van der Waals surface area (Å²) in [5.74, 6) is 0.118. The van der Waals surface area contributed by atoms with E-state index in [2.05, 4.69) is 9.97 Å². The molecule has 0 aliphatic rings. The second kappa shape index (κ2) is 3.18. The van der Waals surface area contributed by atoms with Crippen LogP contribution in [0.15, 0.2) is 6.07 Å². The number of rotatable bonds is 2. The molecule has 1 aromatic rings. The lowest BCUT2D eigenvalue weighted by Gasteiger charge is -1.97. The third kappa shape index (κ3) is 2.07. The molecule has 0 bridgehead atoms. The summed E-state index contributed by atoms with van der Waals surface area (Å²) < 4.78 is 0. The fourth-order valence-electron chi connectivity index (χ4n) is 0.805. The highest BCUT2D eigenvalue weighted by Gasteiger charge is 2.00. The summed E-state index contributed by atoms with van der Waals surface area (Å²) in [5, 5.41) is 17.8. The predicted molar refractivity (Wildman–Crippen MR) is 39.4 cm³/mol. The molecule has 2 N–H and O–H groups in total. The molecule has 60 valence electrons. The van der Waals surface area contributed by atoms with Crippen LogP contribution in [0.5, 0.6) is 11.8 Å². The van der Waals surface area contributed by atoms with Crippen LogP contribution in [-0.4, -0.2) is 20.2 Å². The summed E-state index contributed by atoms with van der Waals surface area (Å²) in [6, 6.07) is 1.11. The summed E-state index contributed by atoms with van der Waals surface area (Å²) in [6.45, 7) is 1.98. The highest BCUT2D eigenvalue weighted by atomic mass is 16.3. The molecule has 1 aromatic heterocycles. The molecule has 11 heavy (non-hydrogen) atoms. The molecule has 4 heteroatoms. The normalized spacial score (nSPS) is 9.91. The lowest BCUT2D eigenvalue weighted by atomic mass is 10.3. The molecule has 0 aliphatic carbocycles. The van der Waals surface area contributed by atoms with Crippen molar-refractivity contribution in [3.8, 4) is 11.8 Å². The molecule has 0 unspecified atom stereocenters. The van der Waals surface area contributed by atoms with E-state index in [4.69, 9.17) is 10.2 Å². The second-order valence-corrected chi connectivity index (χ2v) is 2.25. The van der Waals surface area contributed by atoms with Gasteiger partial charge in [-0.1, -0.05) is 6.92 Å². The molecule has 0 amide bonds. The van der Waals surface area contributed by atoms with Gasteiger partial charge >= 0.3 is 0 Å². The zero-order valence-electron chi connectivity index (χ0n) is 6.28. The Labute approximate surface area is 64.6 Å². The van der Waals surface area contributed by atoms with E-state index in [1.165, 1.54) is 0 Å². The minimum Gasteiger partial charge on any atom is -0.493 e. The summed E-state index contributed by atoms with van der Waals surface area (Å²) in [6.07, 6.45) is 1.56. The van der Waals surface area contributed by atoms with Gasteiger partial charge in [0.1, 0.15) is 5.82 Å². The van der Waals surface area contributed by atoms with Crippen molar-refractivity contribution in [3.05, 3.63) is 11.9 Å². The molecule has 0 radical (unpaired) electrons. The number of hydrogen-bond acceptors (Lipinski definition) is 4. The van der Waals surface area contributed by atoms with Crippen molar-refractivity contribution < 1.29 is 10.2 Å². The molecular formula is C7H10N2O2. The second-order valence-electron chi connectivity index (χ2n) is 2.25. The van der Waals surface area contributed by atoms with Gasteiger partial charge in [-0.25, -0.2) is 0 Å². The van der Waals surface area contributed by atoms with Crippen molar-refractivity contribution in [2.24, 2.45) is 0 Å². The Morgan fingerprint density at radius 1 is 1.27 bits per heavy atom. The summed E-state index contributed by atoms with van der Waals surface area (Å²) >= 11 is 0. The Kier molecular flexibility index (Phi) is 2.25. The molecule has 4 nitrogen and oxygen atoms in total. The van der Waals surface area contributed by atoms with Crippen molar-refractivity contribution in [1.82, 2.24) is 9.97 Å². The van der Waals surface area contributed by atoms with Crippen molar-refractivity contribution in [3.63, 3.8) is 0 Å². The number of nitrogens with zero attached hydrogens (tertiary/aromatic N) is 2. The lowest BCUT2D eigenvalue weighted by Crippen LogP contribution is -1.93. The first-order valence-corrected chi connectivity index (χ1v) is 3.48. The van der Waals surface area contributed by atoms with Gasteiger partial charge in [0.2, 0.25) is 11.8 Å². The van der Waals surface area contributed by atoms with Crippen molar-refractivity contribution in [1.29, 1.82) is 0 Å². The highest BCUT2D eigenvalue weighted by Crippen LogP contribution is 2.12. The maximum Gasteiger partial charge on any atom is 0.217 e. The molecule has 0 atom stereocenters. The Hall–Kier alpha value is -1.32. The molecule has 0 spiro atoms. The van der Waals surface area contributed by atoms with Gasteiger partial charge < -0.3 is 10.2 Å². The molecule has 0 fully saturated rings. The van der Waals surface area contributed by atoms with E-state index in [1.54, 1.807) is 0 Å². The largest absolute Gasteiger partial charge is 0.493 e. The minimum absolute atomic E-state index is 0.180. The molecule has 1 rings (SSSR count). The van der Waals surface area contributed by atoms with Gasteiger partial charge in [-0.2, -0.15) is 9.97 Å². The Morgan fingerprint density at radius 3 is 2.27 bits per heavy atom. The van der Waals surface area contributed by atoms with Crippen LogP contribution in [0.3, 0.4) is 0 Å². The maximum absolute atomic E-state index is 8.91. The lowest BCUT2D eigenvalue weighted by molar-refractivity contribution is 0.416. The standard InChI is InChI=1S/C7H10N2O2/c1-2-3-5-8-6(10)4-7(11)9-5/h4H,2-3H2,1H3,(H2,8,9,10,11). The zero-order valence-corrected chi connectivity index (χ0v) is 6.28. The smallest absolute Gasteiger partial charge is 0.217 e. The average Bonchev–Trinajstić information content (AvgIpc) is 1.85. The monoisotopic (exact) mass is 154 g/mol. The van der Waals surface area contributed by atoms with Gasteiger partial charge in [0.25, 0.3) is 0 Å². The van der Waals surface area contributed by atoms with E-state index in [0.717, 1.165) is 12.5 Å². The quantitative estimate of drug-likeness (QED) is 0.662. The van der Waals surface area contributed by atoms with Crippen LogP contribution in [0.25, 0.3) is 0 Å². The Bertz CT molecular complexity index is 230. The van der Waals surface area contributed by atoms with E-state index in [-0.39, 0.29) is 11.8 Å². The van der Waals surface area contributed by atoms with Crippen LogP contribution in [-0.2, 0) is 6.42 Å². The SMILES string of the molecule is CCCc1nc(O)cc(O)n1. The average molecular weight is 154 g/mol. The van der Waals surface area contributed by atoms with Crippen LogP contribution >= 0.6 is 0 Å². The van der Waals surface area contributed by atoms with Gasteiger partial charge in [0.15, 0.2) is 0 Å². The van der Waals surface area contributed by atoms with E-state index in [1.807, 2.05) is 6.92 Å².